The normalized spacial score (nSPS) is 16.6. The predicted molar refractivity (Wildman–Crippen MR) is 110 cm³/mol. The highest BCUT2D eigenvalue weighted by Crippen LogP contribution is 2.21. The molecule has 0 bridgehead atoms. The van der Waals surface area contributed by atoms with Crippen LogP contribution in [0.2, 0.25) is 0 Å². The van der Waals surface area contributed by atoms with Gasteiger partial charge < -0.3 is 14.6 Å². The Morgan fingerprint density at radius 3 is 2.50 bits per heavy atom. The van der Waals surface area contributed by atoms with Gasteiger partial charge in [-0.1, -0.05) is 12.1 Å². The third kappa shape index (κ3) is 3.88. The predicted octanol–water partition coefficient (Wildman–Crippen LogP) is 2.98. The van der Waals surface area contributed by atoms with E-state index in [0.29, 0.717) is 18.8 Å². The minimum atomic E-state index is -0.473. The Hall–Kier alpha value is -2.44. The van der Waals surface area contributed by atoms with E-state index in [9.17, 15) is 9.50 Å². The summed E-state index contributed by atoms with van der Waals surface area (Å²) in [6.45, 7) is 8.46. The van der Waals surface area contributed by atoms with Crippen LogP contribution >= 0.6 is 0 Å². The summed E-state index contributed by atoms with van der Waals surface area (Å²) in [5.41, 5.74) is 5.15. The SMILES string of the molecule is Cc1cc2ncn(CC(O)CN3CCN(c4ccccc4F)CC3)c2cc1C. The van der Waals surface area contributed by atoms with E-state index in [2.05, 4.69) is 40.8 Å². The Balaban J connectivity index is 1.35. The number of anilines is 1. The van der Waals surface area contributed by atoms with E-state index < -0.39 is 6.10 Å². The minimum Gasteiger partial charge on any atom is -0.390 e. The van der Waals surface area contributed by atoms with Crippen LogP contribution in [0, 0.1) is 19.7 Å². The van der Waals surface area contributed by atoms with E-state index in [0.717, 1.165) is 37.2 Å². The molecule has 0 aliphatic carbocycles. The molecule has 1 aromatic heterocycles. The van der Waals surface area contributed by atoms with Crippen molar-refractivity contribution >= 4 is 16.7 Å². The van der Waals surface area contributed by atoms with E-state index in [1.807, 2.05) is 23.0 Å². The Kier molecular flexibility index (Phi) is 5.33. The van der Waals surface area contributed by atoms with E-state index in [4.69, 9.17) is 0 Å². The fraction of sp³-hybridized carbons (Fsp3) is 0.409. The number of halogens is 1. The number of aliphatic hydroxyl groups is 1. The topological polar surface area (TPSA) is 44.5 Å². The average Bonchev–Trinajstić information content (AvgIpc) is 3.05. The van der Waals surface area contributed by atoms with Gasteiger partial charge in [-0.15, -0.1) is 0 Å². The van der Waals surface area contributed by atoms with Gasteiger partial charge in [-0.2, -0.15) is 0 Å². The number of fused-ring (bicyclic) bond motifs is 1. The van der Waals surface area contributed by atoms with Gasteiger partial charge >= 0.3 is 0 Å². The summed E-state index contributed by atoms with van der Waals surface area (Å²) < 4.78 is 16.0. The molecule has 148 valence electrons. The van der Waals surface area contributed by atoms with Crippen LogP contribution in [0.1, 0.15) is 11.1 Å². The molecule has 0 saturated carbocycles. The minimum absolute atomic E-state index is 0.173. The Bertz CT molecular complexity index is 962. The van der Waals surface area contributed by atoms with Crippen LogP contribution in [0.4, 0.5) is 10.1 Å². The summed E-state index contributed by atoms with van der Waals surface area (Å²) in [5, 5.41) is 10.6. The maximum Gasteiger partial charge on any atom is 0.146 e. The standard InChI is InChI=1S/C22H27FN4O/c1-16-11-20-22(12-17(16)2)27(15-24-20)14-18(28)13-25-7-9-26(10-8-25)21-6-4-3-5-19(21)23/h3-6,11-12,15,18,28H,7-10,13-14H2,1-2H3. The lowest BCUT2D eigenvalue weighted by atomic mass is 10.1. The highest BCUT2D eigenvalue weighted by molar-refractivity contribution is 5.77. The van der Waals surface area contributed by atoms with Crippen LogP contribution in [0.25, 0.3) is 11.0 Å². The van der Waals surface area contributed by atoms with Crippen LogP contribution in [0.5, 0.6) is 0 Å². The second-order valence-electron chi connectivity index (χ2n) is 7.72. The molecule has 1 unspecified atom stereocenters. The van der Waals surface area contributed by atoms with Crippen LogP contribution in [-0.2, 0) is 6.54 Å². The van der Waals surface area contributed by atoms with Crippen molar-refractivity contribution in [2.75, 3.05) is 37.6 Å². The highest BCUT2D eigenvalue weighted by Gasteiger charge is 2.21. The molecule has 6 heteroatoms. The molecule has 1 atom stereocenters. The fourth-order valence-electron chi connectivity index (χ4n) is 3.92. The van der Waals surface area contributed by atoms with Crippen LogP contribution in [0.15, 0.2) is 42.7 Å². The highest BCUT2D eigenvalue weighted by atomic mass is 19.1. The van der Waals surface area contributed by atoms with E-state index in [-0.39, 0.29) is 5.82 Å². The van der Waals surface area contributed by atoms with Gasteiger partial charge in [0.2, 0.25) is 0 Å². The molecule has 28 heavy (non-hydrogen) atoms. The van der Waals surface area contributed by atoms with Gasteiger partial charge in [-0.3, -0.25) is 4.90 Å². The zero-order chi connectivity index (χ0) is 19.7. The zero-order valence-corrected chi connectivity index (χ0v) is 16.5. The summed E-state index contributed by atoms with van der Waals surface area (Å²) in [4.78, 5) is 8.79. The number of piperazine rings is 1. The van der Waals surface area contributed by atoms with Crippen molar-refractivity contribution in [2.45, 2.75) is 26.5 Å². The van der Waals surface area contributed by atoms with E-state index in [1.54, 1.807) is 6.07 Å². The smallest absolute Gasteiger partial charge is 0.146 e. The molecule has 1 saturated heterocycles. The number of imidazole rings is 1. The lowest BCUT2D eigenvalue weighted by Gasteiger charge is -2.37. The number of aliphatic hydroxyl groups excluding tert-OH is 1. The third-order valence-electron chi connectivity index (χ3n) is 5.68. The molecular weight excluding hydrogens is 355 g/mol. The maximum atomic E-state index is 14.0. The Morgan fingerprint density at radius 1 is 1.04 bits per heavy atom. The van der Waals surface area contributed by atoms with Crippen molar-refractivity contribution in [3.05, 3.63) is 59.7 Å². The molecule has 0 amide bonds. The first-order valence-corrected chi connectivity index (χ1v) is 9.83. The van der Waals surface area contributed by atoms with Gasteiger partial charge in [-0.05, 0) is 49.2 Å². The number of aromatic nitrogens is 2. The number of nitrogens with zero attached hydrogens (tertiary/aromatic N) is 4. The van der Waals surface area contributed by atoms with Crippen molar-refractivity contribution in [2.24, 2.45) is 0 Å². The van der Waals surface area contributed by atoms with Crippen LogP contribution < -0.4 is 4.90 Å². The van der Waals surface area contributed by atoms with Gasteiger partial charge in [0.05, 0.1) is 35.7 Å². The number of hydrogen-bond acceptors (Lipinski definition) is 4. The van der Waals surface area contributed by atoms with E-state index in [1.165, 1.54) is 17.2 Å². The molecular formula is C22H27FN4O. The van der Waals surface area contributed by atoms with Crippen molar-refractivity contribution in [1.29, 1.82) is 0 Å². The van der Waals surface area contributed by atoms with Gasteiger partial charge in [0.25, 0.3) is 0 Å². The second-order valence-corrected chi connectivity index (χ2v) is 7.72. The van der Waals surface area contributed by atoms with Crippen molar-refractivity contribution in [3.8, 4) is 0 Å². The van der Waals surface area contributed by atoms with Gasteiger partial charge in [0, 0.05) is 32.7 Å². The molecule has 5 nitrogen and oxygen atoms in total. The lowest BCUT2D eigenvalue weighted by Crippen LogP contribution is -2.49. The molecule has 0 spiro atoms. The summed E-state index contributed by atoms with van der Waals surface area (Å²) in [7, 11) is 0. The Labute approximate surface area is 165 Å². The largest absolute Gasteiger partial charge is 0.390 e. The molecule has 1 aliphatic heterocycles. The van der Waals surface area contributed by atoms with Crippen molar-refractivity contribution in [1.82, 2.24) is 14.5 Å². The number of rotatable bonds is 5. The summed E-state index contributed by atoms with van der Waals surface area (Å²) in [6, 6.07) is 11.1. The molecule has 2 aromatic carbocycles. The number of β-amino-alcohol motifs (C(OH)–C–C–N with tert-alkyl or cyclic N) is 1. The van der Waals surface area contributed by atoms with Crippen molar-refractivity contribution in [3.63, 3.8) is 0 Å². The lowest BCUT2D eigenvalue weighted by molar-refractivity contribution is 0.0958. The molecule has 1 aliphatic rings. The van der Waals surface area contributed by atoms with E-state index >= 15 is 0 Å². The average molecular weight is 382 g/mol. The second kappa shape index (κ2) is 7.89. The summed E-state index contributed by atoms with van der Waals surface area (Å²) in [6.07, 6.45) is 1.34. The molecule has 2 heterocycles. The zero-order valence-electron chi connectivity index (χ0n) is 16.5. The fourth-order valence-corrected chi connectivity index (χ4v) is 3.92. The molecule has 0 radical (unpaired) electrons. The quantitative estimate of drug-likeness (QED) is 0.737. The first-order valence-electron chi connectivity index (χ1n) is 9.83. The number of para-hydroxylation sites is 1. The monoisotopic (exact) mass is 382 g/mol. The molecule has 1 N–H and O–H groups in total. The first kappa shape index (κ1) is 18.9. The first-order chi connectivity index (χ1) is 13.5. The number of aryl methyl sites for hydroxylation is 2. The van der Waals surface area contributed by atoms with Crippen LogP contribution in [-0.4, -0.2) is 58.4 Å². The van der Waals surface area contributed by atoms with Crippen LogP contribution in [0.3, 0.4) is 0 Å². The molecule has 4 rings (SSSR count). The number of benzene rings is 2. The Morgan fingerprint density at radius 2 is 1.75 bits per heavy atom. The van der Waals surface area contributed by atoms with Gasteiger partial charge in [-0.25, -0.2) is 9.37 Å². The number of hydrogen-bond donors (Lipinski definition) is 1. The van der Waals surface area contributed by atoms with Gasteiger partial charge in [0.1, 0.15) is 5.82 Å². The summed E-state index contributed by atoms with van der Waals surface area (Å²) in [5.74, 6) is -0.173. The maximum absolute atomic E-state index is 14.0. The van der Waals surface area contributed by atoms with Gasteiger partial charge in [0.15, 0.2) is 0 Å². The molecule has 1 fully saturated rings. The third-order valence-corrected chi connectivity index (χ3v) is 5.68. The van der Waals surface area contributed by atoms with Crippen molar-refractivity contribution < 1.29 is 9.50 Å². The molecule has 3 aromatic rings. The summed E-state index contributed by atoms with van der Waals surface area (Å²) >= 11 is 0.